The van der Waals surface area contributed by atoms with E-state index in [1.54, 1.807) is 25.1 Å². The summed E-state index contributed by atoms with van der Waals surface area (Å²) in [5.41, 5.74) is 0.432. The average Bonchev–Trinajstić information content (AvgIpc) is 3.12. The minimum atomic E-state index is -0.692. The SMILES string of the molecule is CCOC(=O)c1nc(-c2ccccc2)oc1COc1cccc(F)c1C#N. The fourth-order valence-electron chi connectivity index (χ4n) is 2.39. The van der Waals surface area contributed by atoms with E-state index in [-0.39, 0.29) is 41.9 Å². The van der Waals surface area contributed by atoms with Crippen LogP contribution in [0.2, 0.25) is 0 Å². The number of carbonyl (C=O) groups is 1. The Balaban J connectivity index is 1.92. The number of carbonyl (C=O) groups excluding carboxylic acids is 1. The molecular weight excluding hydrogens is 351 g/mol. The van der Waals surface area contributed by atoms with Gasteiger partial charge in [-0.1, -0.05) is 24.3 Å². The van der Waals surface area contributed by atoms with Crippen LogP contribution in [0.3, 0.4) is 0 Å². The highest BCUT2D eigenvalue weighted by Crippen LogP contribution is 2.26. The molecule has 7 heteroatoms. The van der Waals surface area contributed by atoms with E-state index in [9.17, 15) is 9.18 Å². The van der Waals surface area contributed by atoms with Crippen LogP contribution in [0, 0.1) is 17.1 Å². The Kier molecular flexibility index (Phi) is 5.47. The Morgan fingerprint density at radius 1 is 1.22 bits per heavy atom. The molecule has 0 saturated carbocycles. The molecule has 0 spiro atoms. The van der Waals surface area contributed by atoms with Crippen LogP contribution in [-0.4, -0.2) is 17.6 Å². The maximum absolute atomic E-state index is 13.7. The monoisotopic (exact) mass is 366 g/mol. The van der Waals surface area contributed by atoms with Gasteiger partial charge in [0.05, 0.1) is 6.61 Å². The summed E-state index contributed by atoms with van der Waals surface area (Å²) in [6.45, 7) is 1.64. The topological polar surface area (TPSA) is 85.3 Å². The number of halogens is 1. The fraction of sp³-hybridized carbons (Fsp3) is 0.150. The largest absolute Gasteiger partial charge is 0.484 e. The summed E-state index contributed by atoms with van der Waals surface area (Å²) in [5, 5.41) is 9.08. The molecule has 0 N–H and O–H groups in total. The zero-order valence-electron chi connectivity index (χ0n) is 14.4. The third kappa shape index (κ3) is 3.96. The maximum Gasteiger partial charge on any atom is 0.360 e. The number of nitriles is 1. The first-order valence-corrected chi connectivity index (χ1v) is 8.17. The van der Waals surface area contributed by atoms with Crippen molar-refractivity contribution >= 4 is 5.97 Å². The second kappa shape index (κ2) is 8.15. The van der Waals surface area contributed by atoms with Gasteiger partial charge in [0.25, 0.3) is 0 Å². The minimum Gasteiger partial charge on any atom is -0.484 e. The van der Waals surface area contributed by atoms with Crippen molar-refractivity contribution in [3.63, 3.8) is 0 Å². The van der Waals surface area contributed by atoms with Crippen LogP contribution in [0.4, 0.5) is 4.39 Å². The number of hydrogen-bond acceptors (Lipinski definition) is 6. The fourth-order valence-corrected chi connectivity index (χ4v) is 2.39. The Hall–Kier alpha value is -3.66. The minimum absolute atomic E-state index is 0.0226. The molecular formula is C20H15FN2O4. The van der Waals surface area contributed by atoms with Gasteiger partial charge >= 0.3 is 5.97 Å². The molecule has 0 saturated heterocycles. The number of oxazole rings is 1. The molecule has 6 nitrogen and oxygen atoms in total. The molecule has 0 fully saturated rings. The van der Waals surface area contributed by atoms with Crippen molar-refractivity contribution in [2.45, 2.75) is 13.5 Å². The van der Waals surface area contributed by atoms with E-state index >= 15 is 0 Å². The lowest BCUT2D eigenvalue weighted by atomic mass is 10.2. The van der Waals surface area contributed by atoms with Gasteiger partial charge in [0.2, 0.25) is 5.89 Å². The van der Waals surface area contributed by atoms with E-state index in [1.807, 2.05) is 18.2 Å². The first-order valence-electron chi connectivity index (χ1n) is 8.17. The van der Waals surface area contributed by atoms with E-state index in [0.29, 0.717) is 5.56 Å². The predicted molar refractivity (Wildman–Crippen MR) is 93.3 cm³/mol. The van der Waals surface area contributed by atoms with Gasteiger partial charge in [-0.15, -0.1) is 0 Å². The molecule has 3 aromatic rings. The van der Waals surface area contributed by atoms with Crippen molar-refractivity contribution in [1.29, 1.82) is 5.26 Å². The molecule has 136 valence electrons. The lowest BCUT2D eigenvalue weighted by molar-refractivity contribution is 0.0515. The highest BCUT2D eigenvalue weighted by atomic mass is 19.1. The van der Waals surface area contributed by atoms with E-state index in [4.69, 9.17) is 19.2 Å². The van der Waals surface area contributed by atoms with E-state index in [1.165, 1.54) is 12.1 Å². The van der Waals surface area contributed by atoms with Gasteiger partial charge in [-0.05, 0) is 31.2 Å². The Morgan fingerprint density at radius 2 is 2.00 bits per heavy atom. The van der Waals surface area contributed by atoms with E-state index in [0.717, 1.165) is 6.07 Å². The van der Waals surface area contributed by atoms with E-state index in [2.05, 4.69) is 4.98 Å². The van der Waals surface area contributed by atoms with Crippen LogP contribution in [0.1, 0.15) is 28.7 Å². The normalized spacial score (nSPS) is 10.3. The van der Waals surface area contributed by atoms with Gasteiger partial charge in [-0.2, -0.15) is 5.26 Å². The van der Waals surface area contributed by atoms with Crippen molar-refractivity contribution in [2.24, 2.45) is 0 Å². The highest BCUT2D eigenvalue weighted by Gasteiger charge is 2.23. The molecule has 0 atom stereocenters. The number of benzene rings is 2. The van der Waals surface area contributed by atoms with Gasteiger partial charge in [0, 0.05) is 5.56 Å². The molecule has 1 aromatic heterocycles. The first kappa shape index (κ1) is 18.1. The molecule has 2 aromatic carbocycles. The van der Waals surface area contributed by atoms with Crippen molar-refractivity contribution in [1.82, 2.24) is 4.98 Å². The number of aromatic nitrogens is 1. The van der Waals surface area contributed by atoms with Gasteiger partial charge in [0.1, 0.15) is 29.8 Å². The molecule has 1 heterocycles. The van der Waals surface area contributed by atoms with Gasteiger partial charge in [-0.3, -0.25) is 0 Å². The smallest absolute Gasteiger partial charge is 0.360 e. The van der Waals surface area contributed by atoms with Gasteiger partial charge in [-0.25, -0.2) is 14.2 Å². The predicted octanol–water partition coefficient (Wildman–Crippen LogP) is 4.11. The van der Waals surface area contributed by atoms with Crippen LogP contribution in [0.15, 0.2) is 52.9 Å². The van der Waals surface area contributed by atoms with Gasteiger partial charge in [0.15, 0.2) is 11.5 Å². The maximum atomic E-state index is 13.7. The molecule has 0 aliphatic heterocycles. The molecule has 3 rings (SSSR count). The van der Waals surface area contributed by atoms with Crippen molar-refractivity contribution in [2.75, 3.05) is 6.61 Å². The molecule has 0 bridgehead atoms. The van der Waals surface area contributed by atoms with Crippen LogP contribution in [-0.2, 0) is 11.3 Å². The summed E-state index contributed by atoms with van der Waals surface area (Å²) in [7, 11) is 0. The zero-order chi connectivity index (χ0) is 19.2. The third-order valence-electron chi connectivity index (χ3n) is 3.63. The summed E-state index contributed by atoms with van der Waals surface area (Å²) in [6.07, 6.45) is 0. The lowest BCUT2D eigenvalue weighted by Gasteiger charge is -2.07. The standard InChI is InChI=1S/C20H15FN2O4/c1-2-25-20(24)18-17(27-19(23-18)13-7-4-3-5-8-13)12-26-16-10-6-9-15(21)14(16)11-22/h3-10H,2,12H2,1H3. The summed E-state index contributed by atoms with van der Waals surface area (Å²) in [4.78, 5) is 16.4. The Morgan fingerprint density at radius 3 is 2.70 bits per heavy atom. The lowest BCUT2D eigenvalue weighted by Crippen LogP contribution is -2.09. The van der Waals surface area contributed by atoms with Crippen molar-refractivity contribution in [3.05, 3.63) is 71.4 Å². The quantitative estimate of drug-likeness (QED) is 0.610. The summed E-state index contributed by atoms with van der Waals surface area (Å²) in [6, 6.07) is 14.8. The van der Waals surface area contributed by atoms with Crippen LogP contribution < -0.4 is 4.74 Å². The average molecular weight is 366 g/mol. The Bertz CT molecular complexity index is 993. The molecule has 0 amide bonds. The summed E-state index contributed by atoms with van der Waals surface area (Å²) >= 11 is 0. The number of ether oxygens (including phenoxy) is 2. The summed E-state index contributed by atoms with van der Waals surface area (Å²) in [5.74, 6) is -0.938. The molecule has 27 heavy (non-hydrogen) atoms. The second-order valence-electron chi connectivity index (χ2n) is 5.39. The number of esters is 1. The molecule has 0 radical (unpaired) electrons. The van der Waals surface area contributed by atoms with Crippen LogP contribution in [0.5, 0.6) is 5.75 Å². The Labute approximate surface area is 154 Å². The summed E-state index contributed by atoms with van der Waals surface area (Å²) < 4.78 is 29.9. The zero-order valence-corrected chi connectivity index (χ0v) is 14.4. The third-order valence-corrected chi connectivity index (χ3v) is 3.63. The van der Waals surface area contributed by atoms with Crippen molar-refractivity contribution in [3.8, 4) is 23.3 Å². The highest BCUT2D eigenvalue weighted by molar-refractivity contribution is 5.89. The first-order chi connectivity index (χ1) is 13.1. The number of hydrogen-bond donors (Lipinski definition) is 0. The van der Waals surface area contributed by atoms with Crippen LogP contribution >= 0.6 is 0 Å². The van der Waals surface area contributed by atoms with Gasteiger partial charge < -0.3 is 13.9 Å². The van der Waals surface area contributed by atoms with Crippen LogP contribution in [0.25, 0.3) is 11.5 Å². The molecule has 0 aliphatic rings. The molecule has 0 aliphatic carbocycles. The number of rotatable bonds is 6. The number of nitrogens with zero attached hydrogens (tertiary/aromatic N) is 2. The van der Waals surface area contributed by atoms with E-state index < -0.39 is 11.8 Å². The second-order valence-corrected chi connectivity index (χ2v) is 5.39. The molecule has 0 unspecified atom stereocenters. The van der Waals surface area contributed by atoms with Crippen molar-refractivity contribution < 1.29 is 23.1 Å².